The van der Waals surface area contributed by atoms with Crippen LogP contribution in [0.2, 0.25) is 5.02 Å². The van der Waals surface area contributed by atoms with Crippen LogP contribution in [0.25, 0.3) is 11.4 Å². The molecule has 1 atom stereocenters. The molecule has 2 aromatic rings. The lowest BCUT2D eigenvalue weighted by Gasteiger charge is -2.13. The Kier molecular flexibility index (Phi) is 7.47. The molecular weight excluding hydrogens is 374 g/mol. The standard InChI is InChI=1S/C17H22ClN5O2S/c1-4-10-23-14(12-6-8-13(18)9-7-12)21-22-17(23)26-11(3)15(24)20-16(25)19-5-2/h6-9,11H,4-5,10H2,1-3H3,(H2,19,20,24,25). The van der Waals surface area contributed by atoms with Gasteiger partial charge in [0.15, 0.2) is 11.0 Å². The number of hydrogen-bond donors (Lipinski definition) is 2. The molecule has 1 unspecified atom stereocenters. The predicted molar refractivity (Wildman–Crippen MR) is 103 cm³/mol. The van der Waals surface area contributed by atoms with Gasteiger partial charge in [-0.05, 0) is 44.5 Å². The number of aromatic nitrogens is 3. The molecule has 7 nitrogen and oxygen atoms in total. The average Bonchev–Trinajstić information content (AvgIpc) is 2.98. The van der Waals surface area contributed by atoms with Crippen LogP contribution in [0.3, 0.4) is 0 Å². The predicted octanol–water partition coefficient (Wildman–Crippen LogP) is 3.33. The van der Waals surface area contributed by atoms with Crippen molar-refractivity contribution >= 4 is 35.3 Å². The molecule has 0 fully saturated rings. The number of nitrogens with one attached hydrogen (secondary N) is 2. The highest BCUT2D eigenvalue weighted by Gasteiger charge is 2.21. The normalized spacial score (nSPS) is 11.8. The quantitative estimate of drug-likeness (QED) is 0.702. The monoisotopic (exact) mass is 395 g/mol. The van der Waals surface area contributed by atoms with Gasteiger partial charge in [-0.1, -0.05) is 30.3 Å². The van der Waals surface area contributed by atoms with Gasteiger partial charge in [0.2, 0.25) is 5.91 Å². The Labute approximate surface area is 161 Å². The van der Waals surface area contributed by atoms with E-state index >= 15 is 0 Å². The van der Waals surface area contributed by atoms with Crippen LogP contribution < -0.4 is 10.6 Å². The molecule has 0 bridgehead atoms. The molecule has 1 aromatic carbocycles. The fourth-order valence-electron chi connectivity index (χ4n) is 2.24. The van der Waals surface area contributed by atoms with Gasteiger partial charge in [-0.15, -0.1) is 10.2 Å². The molecule has 0 radical (unpaired) electrons. The van der Waals surface area contributed by atoms with Gasteiger partial charge in [0, 0.05) is 23.7 Å². The van der Waals surface area contributed by atoms with Crippen LogP contribution in [0.4, 0.5) is 4.79 Å². The van der Waals surface area contributed by atoms with E-state index in [9.17, 15) is 9.59 Å². The maximum absolute atomic E-state index is 12.2. The minimum Gasteiger partial charge on any atom is -0.338 e. The Morgan fingerprint density at radius 3 is 2.54 bits per heavy atom. The minimum absolute atomic E-state index is 0.375. The van der Waals surface area contributed by atoms with Gasteiger partial charge in [-0.25, -0.2) is 4.79 Å². The van der Waals surface area contributed by atoms with Crippen molar-refractivity contribution in [3.8, 4) is 11.4 Å². The topological polar surface area (TPSA) is 88.9 Å². The number of benzene rings is 1. The van der Waals surface area contributed by atoms with Gasteiger partial charge < -0.3 is 9.88 Å². The average molecular weight is 396 g/mol. The number of hydrogen-bond acceptors (Lipinski definition) is 5. The zero-order valence-corrected chi connectivity index (χ0v) is 16.5. The van der Waals surface area contributed by atoms with Gasteiger partial charge in [0.05, 0.1) is 5.25 Å². The third-order valence-corrected chi connectivity index (χ3v) is 4.82. The zero-order chi connectivity index (χ0) is 19.1. The van der Waals surface area contributed by atoms with Crippen LogP contribution in [-0.4, -0.2) is 38.5 Å². The first-order chi connectivity index (χ1) is 12.5. The number of carbonyl (C=O) groups is 2. The molecule has 0 aliphatic carbocycles. The molecule has 0 aliphatic rings. The Balaban J connectivity index is 2.17. The van der Waals surface area contributed by atoms with E-state index in [1.807, 2.05) is 16.7 Å². The molecule has 2 N–H and O–H groups in total. The summed E-state index contributed by atoms with van der Waals surface area (Å²) in [5, 5.41) is 14.2. The highest BCUT2D eigenvalue weighted by molar-refractivity contribution is 8.00. The fraction of sp³-hybridized carbons (Fsp3) is 0.412. The van der Waals surface area contributed by atoms with E-state index in [-0.39, 0.29) is 5.91 Å². The van der Waals surface area contributed by atoms with Gasteiger partial charge in [-0.2, -0.15) is 0 Å². The van der Waals surface area contributed by atoms with Crippen LogP contribution in [0.15, 0.2) is 29.4 Å². The molecule has 0 spiro atoms. The minimum atomic E-state index is -0.498. The molecular formula is C17H22ClN5O2S. The maximum Gasteiger partial charge on any atom is 0.321 e. The van der Waals surface area contributed by atoms with Crippen LogP contribution in [0.1, 0.15) is 27.2 Å². The lowest BCUT2D eigenvalue weighted by molar-refractivity contribution is -0.119. The third kappa shape index (κ3) is 5.22. The van der Waals surface area contributed by atoms with E-state index < -0.39 is 11.3 Å². The first-order valence-corrected chi connectivity index (χ1v) is 9.66. The lowest BCUT2D eigenvalue weighted by Crippen LogP contribution is -2.42. The van der Waals surface area contributed by atoms with Crippen molar-refractivity contribution in [3.05, 3.63) is 29.3 Å². The Morgan fingerprint density at radius 1 is 1.23 bits per heavy atom. The molecule has 26 heavy (non-hydrogen) atoms. The molecule has 2 rings (SSSR count). The number of halogens is 1. The van der Waals surface area contributed by atoms with Crippen molar-refractivity contribution in [2.45, 2.75) is 44.1 Å². The van der Waals surface area contributed by atoms with Crippen molar-refractivity contribution in [2.75, 3.05) is 6.54 Å². The Hall–Kier alpha value is -2.06. The zero-order valence-electron chi connectivity index (χ0n) is 15.0. The Morgan fingerprint density at radius 2 is 1.92 bits per heavy atom. The number of rotatable bonds is 7. The summed E-state index contributed by atoms with van der Waals surface area (Å²) in [6.45, 7) is 6.75. The van der Waals surface area contributed by atoms with Crippen molar-refractivity contribution in [2.24, 2.45) is 0 Å². The molecule has 1 aromatic heterocycles. The summed E-state index contributed by atoms with van der Waals surface area (Å²) in [7, 11) is 0. The van der Waals surface area contributed by atoms with Crippen LogP contribution in [-0.2, 0) is 11.3 Å². The van der Waals surface area contributed by atoms with Crippen molar-refractivity contribution in [1.82, 2.24) is 25.4 Å². The van der Waals surface area contributed by atoms with E-state index in [2.05, 4.69) is 27.8 Å². The van der Waals surface area contributed by atoms with E-state index in [1.54, 1.807) is 26.0 Å². The summed E-state index contributed by atoms with van der Waals surface area (Å²) < 4.78 is 1.98. The third-order valence-electron chi connectivity index (χ3n) is 3.49. The SMILES string of the molecule is CCCn1c(SC(C)C(=O)NC(=O)NCC)nnc1-c1ccc(Cl)cc1. The molecule has 9 heteroatoms. The summed E-state index contributed by atoms with van der Waals surface area (Å²) in [4.78, 5) is 23.7. The number of thioether (sulfide) groups is 1. The van der Waals surface area contributed by atoms with E-state index in [1.165, 1.54) is 11.8 Å². The second-order valence-electron chi connectivity index (χ2n) is 5.57. The number of carbonyl (C=O) groups excluding carboxylic acids is 2. The number of nitrogens with zero attached hydrogens (tertiary/aromatic N) is 3. The summed E-state index contributed by atoms with van der Waals surface area (Å²) in [5.41, 5.74) is 0.904. The molecule has 0 saturated heterocycles. The van der Waals surface area contributed by atoms with Gasteiger partial charge in [-0.3, -0.25) is 10.1 Å². The smallest absolute Gasteiger partial charge is 0.321 e. The largest absolute Gasteiger partial charge is 0.338 e. The van der Waals surface area contributed by atoms with Crippen molar-refractivity contribution in [3.63, 3.8) is 0 Å². The molecule has 0 saturated carbocycles. The van der Waals surface area contributed by atoms with E-state index in [0.29, 0.717) is 16.7 Å². The van der Waals surface area contributed by atoms with E-state index in [0.717, 1.165) is 24.4 Å². The van der Waals surface area contributed by atoms with Gasteiger partial charge in [0.25, 0.3) is 0 Å². The highest BCUT2D eigenvalue weighted by atomic mass is 35.5. The van der Waals surface area contributed by atoms with Crippen LogP contribution in [0, 0.1) is 0 Å². The lowest BCUT2D eigenvalue weighted by atomic mass is 10.2. The number of imide groups is 1. The summed E-state index contributed by atoms with van der Waals surface area (Å²) in [6.07, 6.45) is 0.895. The molecule has 3 amide bonds. The first kappa shape index (κ1) is 20.3. The number of amides is 3. The second-order valence-corrected chi connectivity index (χ2v) is 7.32. The van der Waals surface area contributed by atoms with Crippen molar-refractivity contribution < 1.29 is 9.59 Å². The number of urea groups is 1. The Bertz CT molecular complexity index is 763. The molecule has 140 valence electrons. The van der Waals surface area contributed by atoms with Crippen LogP contribution in [0.5, 0.6) is 0 Å². The van der Waals surface area contributed by atoms with Gasteiger partial charge in [0.1, 0.15) is 0 Å². The van der Waals surface area contributed by atoms with Crippen LogP contribution >= 0.6 is 23.4 Å². The first-order valence-electron chi connectivity index (χ1n) is 8.40. The summed E-state index contributed by atoms with van der Waals surface area (Å²) in [5.74, 6) is 0.349. The highest BCUT2D eigenvalue weighted by Crippen LogP contribution is 2.27. The van der Waals surface area contributed by atoms with Gasteiger partial charge >= 0.3 is 6.03 Å². The van der Waals surface area contributed by atoms with E-state index in [4.69, 9.17) is 11.6 Å². The molecule has 1 heterocycles. The summed E-state index contributed by atoms with van der Waals surface area (Å²) >= 11 is 7.22. The maximum atomic E-state index is 12.2. The molecule has 0 aliphatic heterocycles. The second kappa shape index (κ2) is 9.59. The van der Waals surface area contributed by atoms with Crippen molar-refractivity contribution in [1.29, 1.82) is 0 Å². The fourth-order valence-corrected chi connectivity index (χ4v) is 3.24. The summed E-state index contributed by atoms with van der Waals surface area (Å²) in [6, 6.07) is 6.88.